The average molecular weight is 691 g/mol. The number of aliphatic hydroxyl groups is 1. The van der Waals surface area contributed by atoms with Crippen LogP contribution in [-0.4, -0.2) is 105 Å². The number of fused-ring (bicyclic) bond motifs is 1. The van der Waals surface area contributed by atoms with Crippen molar-refractivity contribution < 1.29 is 61.4 Å². The molecular weight excluding hydrogens is 660 g/mol. The summed E-state index contributed by atoms with van der Waals surface area (Å²) in [6.45, 7) is -1.09. The molecule has 3 fully saturated rings. The van der Waals surface area contributed by atoms with Crippen LogP contribution in [-0.2, 0) is 41.6 Å². The molecule has 0 spiro atoms. The highest BCUT2D eigenvalue weighted by Gasteiger charge is 2.52. The summed E-state index contributed by atoms with van der Waals surface area (Å²) in [6.07, 6.45) is -2.92. The molecule has 3 unspecified atom stereocenters. The van der Waals surface area contributed by atoms with Gasteiger partial charge in [0.2, 0.25) is 0 Å². The van der Waals surface area contributed by atoms with Gasteiger partial charge in [-0.1, -0.05) is 0 Å². The van der Waals surface area contributed by atoms with Crippen molar-refractivity contribution in [1.82, 2.24) is 29.1 Å². The van der Waals surface area contributed by atoms with E-state index in [4.69, 9.17) is 33.7 Å². The number of ether oxygens (including phenoxy) is 4. The number of rotatable bonds is 12. The van der Waals surface area contributed by atoms with Crippen molar-refractivity contribution in [2.24, 2.45) is 0 Å². The van der Waals surface area contributed by atoms with Gasteiger partial charge >= 0.3 is 21.3 Å². The number of phosphoric acid groups is 2. The molecule has 0 aromatic carbocycles. The van der Waals surface area contributed by atoms with Crippen LogP contribution in [0.1, 0.15) is 31.7 Å². The SMILES string of the molecule is Nc1ccn([C@@H]2O[C@H](COP(=O)(O)O)[C@@H](OP(=O)(O)OC[C@H]3O[C@@H](n4cnc5cncnc54)CC3O)[C@H]2OC2CCCO2)c(=O)n1. The van der Waals surface area contributed by atoms with E-state index in [1.807, 2.05) is 0 Å². The average Bonchev–Trinajstić information content (AvgIpc) is 3.79. The molecule has 0 amide bonds. The van der Waals surface area contributed by atoms with E-state index in [9.17, 15) is 33.7 Å². The van der Waals surface area contributed by atoms with Crippen LogP contribution in [0.5, 0.6) is 0 Å². The van der Waals surface area contributed by atoms with Gasteiger partial charge in [-0.2, -0.15) is 4.98 Å². The second kappa shape index (κ2) is 13.4. The first-order valence-electron chi connectivity index (χ1n) is 14.0. The van der Waals surface area contributed by atoms with Gasteiger partial charge in [-0.25, -0.2) is 28.9 Å². The quantitative estimate of drug-likeness (QED) is 0.147. The highest BCUT2D eigenvalue weighted by molar-refractivity contribution is 7.47. The second-order valence-corrected chi connectivity index (χ2v) is 13.2. The fraction of sp³-hybridized carbons (Fsp3) is 0.609. The van der Waals surface area contributed by atoms with E-state index in [0.29, 0.717) is 30.6 Å². The molecular formula is C23H31N7O14P2. The van der Waals surface area contributed by atoms with Gasteiger partial charge in [0.05, 0.1) is 31.8 Å². The molecule has 3 aromatic heterocycles. The van der Waals surface area contributed by atoms with E-state index < -0.39 is 83.8 Å². The van der Waals surface area contributed by atoms with E-state index in [1.165, 1.54) is 31.1 Å². The largest absolute Gasteiger partial charge is 0.472 e. The molecule has 21 nitrogen and oxygen atoms in total. The van der Waals surface area contributed by atoms with Gasteiger partial charge in [-0.3, -0.25) is 22.7 Å². The van der Waals surface area contributed by atoms with Crippen LogP contribution in [0.15, 0.2) is 35.9 Å². The topological polar surface area (TPSA) is 284 Å². The van der Waals surface area contributed by atoms with E-state index >= 15 is 0 Å². The zero-order valence-electron chi connectivity index (χ0n) is 23.8. The molecule has 6 heterocycles. The number of hydrogen-bond donors (Lipinski definition) is 5. The molecule has 46 heavy (non-hydrogen) atoms. The Morgan fingerprint density at radius 3 is 2.61 bits per heavy atom. The molecule has 3 saturated heterocycles. The lowest BCUT2D eigenvalue weighted by molar-refractivity contribution is -0.181. The van der Waals surface area contributed by atoms with Crippen LogP contribution in [0.3, 0.4) is 0 Å². The maximum atomic E-state index is 13.3. The molecule has 3 aliphatic heterocycles. The first-order chi connectivity index (χ1) is 21.9. The van der Waals surface area contributed by atoms with Gasteiger partial charge in [-0.05, 0) is 12.5 Å². The van der Waals surface area contributed by atoms with E-state index in [1.54, 1.807) is 4.57 Å². The summed E-state index contributed by atoms with van der Waals surface area (Å²) >= 11 is 0. The van der Waals surface area contributed by atoms with E-state index in [-0.39, 0.29) is 12.2 Å². The van der Waals surface area contributed by atoms with Gasteiger partial charge < -0.3 is 44.5 Å². The number of hydrogen-bond acceptors (Lipinski definition) is 16. The Hall–Kier alpha value is -2.75. The lowest BCUT2D eigenvalue weighted by atomic mass is 10.1. The number of imidazole rings is 1. The number of aliphatic hydroxyl groups excluding tert-OH is 1. The third-order valence-electron chi connectivity index (χ3n) is 7.42. The van der Waals surface area contributed by atoms with Gasteiger partial charge in [0.1, 0.15) is 48.3 Å². The monoisotopic (exact) mass is 691 g/mol. The number of aromatic nitrogens is 6. The number of nitrogens with zero attached hydrogens (tertiary/aromatic N) is 6. The molecule has 0 radical (unpaired) electrons. The summed E-state index contributed by atoms with van der Waals surface area (Å²) in [7, 11) is -10.1. The Bertz CT molecular complexity index is 1680. The number of anilines is 1. The van der Waals surface area contributed by atoms with E-state index in [0.717, 1.165) is 4.57 Å². The van der Waals surface area contributed by atoms with Crippen molar-refractivity contribution in [3.63, 3.8) is 0 Å². The highest BCUT2D eigenvalue weighted by atomic mass is 31.2. The summed E-state index contributed by atoms with van der Waals surface area (Å²) in [5.41, 5.74) is 5.69. The Balaban J connectivity index is 1.20. The lowest BCUT2D eigenvalue weighted by Crippen LogP contribution is -2.41. The Morgan fingerprint density at radius 2 is 1.87 bits per heavy atom. The molecule has 0 aliphatic carbocycles. The number of phosphoric ester groups is 2. The maximum Gasteiger partial charge on any atom is 0.472 e. The van der Waals surface area contributed by atoms with Crippen molar-refractivity contribution in [2.45, 2.75) is 68.5 Å². The fourth-order valence-corrected chi connectivity index (χ4v) is 6.64. The molecule has 6 N–H and O–H groups in total. The fourth-order valence-electron chi connectivity index (χ4n) is 5.34. The molecule has 0 saturated carbocycles. The Kier molecular flexibility index (Phi) is 9.66. The van der Waals surface area contributed by atoms with Crippen LogP contribution in [0.25, 0.3) is 11.2 Å². The minimum atomic E-state index is -5.07. The van der Waals surface area contributed by atoms with Crippen LogP contribution in [0.4, 0.5) is 5.82 Å². The van der Waals surface area contributed by atoms with Crippen molar-refractivity contribution in [1.29, 1.82) is 0 Å². The molecule has 9 atom stereocenters. The van der Waals surface area contributed by atoms with E-state index in [2.05, 4.69) is 24.5 Å². The minimum Gasteiger partial charge on any atom is -0.390 e. The van der Waals surface area contributed by atoms with Gasteiger partial charge in [0.15, 0.2) is 18.2 Å². The summed E-state index contributed by atoms with van der Waals surface area (Å²) < 4.78 is 66.0. The summed E-state index contributed by atoms with van der Waals surface area (Å²) in [5, 5.41) is 10.6. The van der Waals surface area contributed by atoms with Gasteiger partial charge in [-0.15, -0.1) is 0 Å². The number of nitrogen functional groups attached to an aromatic ring is 1. The van der Waals surface area contributed by atoms with Crippen LogP contribution in [0.2, 0.25) is 0 Å². The summed E-state index contributed by atoms with van der Waals surface area (Å²) in [6, 6.07) is 1.29. The minimum absolute atomic E-state index is 0.0850. The van der Waals surface area contributed by atoms with Gasteiger partial charge in [0, 0.05) is 25.6 Å². The Labute approximate surface area is 259 Å². The van der Waals surface area contributed by atoms with Crippen LogP contribution >= 0.6 is 15.6 Å². The Morgan fingerprint density at radius 1 is 1.07 bits per heavy atom. The van der Waals surface area contributed by atoms with Crippen LogP contribution in [0, 0.1) is 0 Å². The zero-order valence-corrected chi connectivity index (χ0v) is 25.6. The molecule has 6 rings (SSSR count). The van der Waals surface area contributed by atoms with Crippen molar-refractivity contribution in [3.8, 4) is 0 Å². The molecule has 3 aromatic rings. The molecule has 23 heteroatoms. The highest BCUT2D eigenvalue weighted by Crippen LogP contribution is 2.50. The third-order valence-corrected chi connectivity index (χ3v) is 8.90. The van der Waals surface area contributed by atoms with Crippen molar-refractivity contribution >= 4 is 32.6 Å². The molecule has 252 valence electrons. The predicted molar refractivity (Wildman–Crippen MR) is 149 cm³/mol. The first-order valence-corrected chi connectivity index (χ1v) is 17.0. The molecule has 0 bridgehead atoms. The van der Waals surface area contributed by atoms with Crippen molar-refractivity contribution in [2.75, 3.05) is 25.6 Å². The third kappa shape index (κ3) is 7.52. The summed E-state index contributed by atoms with van der Waals surface area (Å²) in [5.74, 6) is -0.0914. The van der Waals surface area contributed by atoms with Crippen LogP contribution < -0.4 is 11.4 Å². The zero-order chi connectivity index (χ0) is 32.6. The normalized spacial score (nSPS) is 31.5. The lowest BCUT2D eigenvalue weighted by Gasteiger charge is -2.28. The smallest absolute Gasteiger partial charge is 0.390 e. The standard InChI is InChI=1S/C23H31N7O14P2/c24-16-3-4-29(23(32)28-16)22-20(43-18-2-1-5-38-18)19(15(42-22)9-39-45(33,34)35)44-46(36,37)40-8-14-13(31)6-17(41-14)30-11-27-12-7-25-10-26-21(12)30/h3-4,7,10-11,13-15,17-20,22,31H,1-2,5-6,8-9H2,(H,36,37)(H2,24,28,32)(H2,33,34,35)/t13?,14-,15-,17-,18?,19-,20-,22-/m1/s1. The number of nitrogens with two attached hydrogens (primary N) is 1. The predicted octanol–water partition coefficient (Wildman–Crippen LogP) is -0.656. The van der Waals surface area contributed by atoms with Crippen molar-refractivity contribution in [3.05, 3.63) is 41.6 Å². The maximum absolute atomic E-state index is 13.3. The summed E-state index contributed by atoms with van der Waals surface area (Å²) in [4.78, 5) is 58.1. The molecule has 3 aliphatic rings. The second-order valence-electron chi connectivity index (χ2n) is 10.6. The first kappa shape index (κ1) is 33.2. The van der Waals surface area contributed by atoms with Gasteiger partial charge in [0.25, 0.3) is 0 Å².